The van der Waals surface area contributed by atoms with E-state index >= 15 is 4.39 Å². The highest BCUT2D eigenvalue weighted by molar-refractivity contribution is 7.44. The molecule has 0 saturated carbocycles. The van der Waals surface area contributed by atoms with Gasteiger partial charge in [0.25, 0.3) is 8.53 Å². The van der Waals surface area contributed by atoms with Crippen LogP contribution < -0.4 is 15.2 Å². The molecule has 6 rings (SSSR count). The molecule has 1 saturated heterocycles. The van der Waals surface area contributed by atoms with E-state index < -0.39 is 53.1 Å². The lowest BCUT2D eigenvalue weighted by atomic mass is 9.80. The van der Waals surface area contributed by atoms with Gasteiger partial charge in [-0.3, -0.25) is 4.57 Å². The zero-order valence-corrected chi connectivity index (χ0v) is 40.0. The monoisotopic (exact) mass is 901 g/mol. The fraction of sp³-hybridized carbons (Fsp3) is 0.478. The van der Waals surface area contributed by atoms with Crippen LogP contribution in [-0.4, -0.2) is 90.3 Å². The van der Waals surface area contributed by atoms with Crippen molar-refractivity contribution in [3.8, 4) is 17.6 Å². The lowest BCUT2D eigenvalue weighted by Gasteiger charge is -2.43. The van der Waals surface area contributed by atoms with Gasteiger partial charge in [0.15, 0.2) is 31.5 Å². The summed E-state index contributed by atoms with van der Waals surface area (Å²) in [5.74, 6) is 1.28. The molecule has 0 radical (unpaired) electrons. The molecule has 1 aliphatic heterocycles. The maximum Gasteiger partial charge on any atom is 0.312 e. The Morgan fingerprint density at radius 3 is 1.98 bits per heavy atom. The van der Waals surface area contributed by atoms with E-state index in [1.807, 2.05) is 78.9 Å². The normalized spacial score (nSPS) is 19.0. The largest absolute Gasteiger partial charge is 0.497 e. The Kier molecular flexibility index (Phi) is 15.3. The maximum absolute atomic E-state index is 15.0. The molecule has 0 bridgehead atoms. The maximum atomic E-state index is 15.0. The van der Waals surface area contributed by atoms with Crippen LogP contribution in [0.3, 0.4) is 0 Å². The molecule has 3 aromatic carbocycles. The van der Waals surface area contributed by atoms with Gasteiger partial charge in [-0.25, -0.2) is 9.65 Å². The van der Waals surface area contributed by atoms with Gasteiger partial charge >= 0.3 is 6.08 Å². The molecule has 0 aliphatic carbocycles. The molecule has 2 N–H and O–H groups in total. The molecule has 0 amide bonds. The summed E-state index contributed by atoms with van der Waals surface area (Å²) >= 11 is 0. The number of nitriles is 1. The number of nitrogens with two attached hydrogens (primary N) is 1. The van der Waals surface area contributed by atoms with Crippen molar-refractivity contribution >= 4 is 33.8 Å². The molecule has 14 nitrogen and oxygen atoms in total. The summed E-state index contributed by atoms with van der Waals surface area (Å²) < 4.78 is 65.8. The Morgan fingerprint density at radius 1 is 0.889 bits per heavy atom. The van der Waals surface area contributed by atoms with Crippen molar-refractivity contribution in [1.82, 2.24) is 24.2 Å². The van der Waals surface area contributed by atoms with Gasteiger partial charge in [-0.1, -0.05) is 75.4 Å². The molecule has 0 spiro atoms. The van der Waals surface area contributed by atoms with Crippen molar-refractivity contribution in [2.24, 2.45) is 0 Å². The minimum atomic E-state index is -2.64. The topological polar surface area (TPSA) is 161 Å². The van der Waals surface area contributed by atoms with Gasteiger partial charge in [-0.2, -0.15) is 19.6 Å². The summed E-state index contributed by atoms with van der Waals surface area (Å²) in [5, 5.41) is 9.30. The third-order valence-electron chi connectivity index (χ3n) is 11.7. The number of halogens is 1. The van der Waals surface area contributed by atoms with Crippen molar-refractivity contribution in [1.29, 1.82) is 5.26 Å². The zero-order chi connectivity index (χ0) is 45.7. The molecule has 338 valence electrons. The number of aromatic nitrogens is 4. The minimum absolute atomic E-state index is 0.00551. The molecule has 1 fully saturated rings. The van der Waals surface area contributed by atoms with E-state index in [0.29, 0.717) is 11.5 Å². The third-order valence-corrected chi connectivity index (χ3v) is 18.3. The predicted molar refractivity (Wildman–Crippen MR) is 244 cm³/mol. The molecule has 3 heterocycles. The molecular formula is C46H61FN7O7PSi. The molecule has 1 aliphatic rings. The number of ether oxygens (including phenoxy) is 4. The second kappa shape index (κ2) is 20.1. The number of methoxy groups -OCH3 is 2. The molecule has 63 heavy (non-hydrogen) atoms. The van der Waals surface area contributed by atoms with E-state index in [0.717, 1.165) is 16.7 Å². The second-order valence-electron chi connectivity index (χ2n) is 17.5. The predicted octanol–water partition coefficient (Wildman–Crippen LogP) is 9.52. The summed E-state index contributed by atoms with van der Waals surface area (Å²) in [6, 6.07) is 27.8. The average Bonchev–Trinajstić information content (AvgIpc) is 3.81. The van der Waals surface area contributed by atoms with Gasteiger partial charge in [0.2, 0.25) is 0 Å². The average molecular weight is 902 g/mol. The molecule has 5 atom stereocenters. The highest BCUT2D eigenvalue weighted by atomic mass is 31.2. The van der Waals surface area contributed by atoms with Crippen LogP contribution in [0, 0.1) is 17.4 Å². The van der Waals surface area contributed by atoms with Gasteiger partial charge in [0.05, 0.1) is 46.3 Å². The highest BCUT2D eigenvalue weighted by Gasteiger charge is 2.54. The zero-order valence-electron chi connectivity index (χ0n) is 38.1. The quantitative estimate of drug-likeness (QED) is 0.0275. The number of rotatable bonds is 19. The number of fused-ring (bicyclic) bond motifs is 1. The van der Waals surface area contributed by atoms with Crippen molar-refractivity contribution < 1.29 is 36.8 Å². The van der Waals surface area contributed by atoms with Crippen LogP contribution in [-0.2, 0) is 28.5 Å². The summed E-state index contributed by atoms with van der Waals surface area (Å²) in [6.45, 7) is 19.3. The van der Waals surface area contributed by atoms with Crippen LogP contribution in [0.1, 0.15) is 77.8 Å². The summed E-state index contributed by atoms with van der Waals surface area (Å²) in [4.78, 5) is 12.4. The first-order valence-electron chi connectivity index (χ1n) is 21.2. The smallest absolute Gasteiger partial charge is 0.312 e. The van der Waals surface area contributed by atoms with Crippen LogP contribution in [0.5, 0.6) is 11.5 Å². The number of nitrogens with zero attached hydrogens (tertiary/aromatic N) is 6. The van der Waals surface area contributed by atoms with E-state index in [9.17, 15) is 5.26 Å². The van der Waals surface area contributed by atoms with E-state index in [1.165, 1.54) is 6.33 Å². The summed E-state index contributed by atoms with van der Waals surface area (Å²) in [5.41, 5.74) is 7.89. The van der Waals surface area contributed by atoms with Gasteiger partial charge in [-0.05, 0) is 86.8 Å². The highest BCUT2D eigenvalue weighted by Crippen LogP contribution is 2.53. The first kappa shape index (κ1) is 47.9. The van der Waals surface area contributed by atoms with Crippen LogP contribution in [0.2, 0.25) is 18.1 Å². The Labute approximate surface area is 372 Å². The number of benzene rings is 3. The number of hydrogen-bond acceptors (Lipinski definition) is 13. The fourth-order valence-corrected chi connectivity index (χ4v) is 10.7. The van der Waals surface area contributed by atoms with Crippen molar-refractivity contribution in [3.05, 3.63) is 108 Å². The second-order valence-corrected chi connectivity index (χ2v) is 23.7. The van der Waals surface area contributed by atoms with E-state index in [2.05, 4.69) is 87.3 Å². The van der Waals surface area contributed by atoms with Gasteiger partial charge in [-0.15, -0.1) is 0 Å². The van der Waals surface area contributed by atoms with Crippen molar-refractivity contribution in [3.63, 3.8) is 0 Å². The van der Waals surface area contributed by atoms with E-state index in [4.69, 9.17) is 38.2 Å². The fourth-order valence-electron chi connectivity index (χ4n) is 7.61. The van der Waals surface area contributed by atoms with Crippen molar-refractivity contribution in [2.45, 2.75) is 115 Å². The molecule has 2 aromatic heterocycles. The van der Waals surface area contributed by atoms with Gasteiger partial charge in [0, 0.05) is 12.1 Å². The van der Waals surface area contributed by atoms with Crippen LogP contribution in [0.4, 0.5) is 10.2 Å². The SMILES string of the molecule is COc1ccc(C(OC[C@H]2O[C@@H](n3cnc4c(N)nc(F)nc43)C(OP(OCCC#N)N(C(C)C)C(C)C)C2O[Si](C)(C)C(C)(C)C)(c2ccccc2)c2ccc(OC)cc2)cc1. The molecule has 3 unspecified atom stereocenters. The minimum Gasteiger partial charge on any atom is -0.497 e. The van der Waals surface area contributed by atoms with Crippen LogP contribution in [0.15, 0.2) is 85.2 Å². The number of hydrogen-bond donors (Lipinski definition) is 1. The Balaban J connectivity index is 1.56. The number of anilines is 1. The third kappa shape index (κ3) is 10.2. The Hall–Kier alpha value is -4.56. The van der Waals surface area contributed by atoms with Crippen molar-refractivity contribution in [2.75, 3.05) is 33.2 Å². The van der Waals surface area contributed by atoms with Crippen LogP contribution >= 0.6 is 8.53 Å². The first-order valence-corrected chi connectivity index (χ1v) is 25.2. The summed E-state index contributed by atoms with van der Waals surface area (Å²) in [6.07, 6.45) is -2.80. The Bertz CT molecular complexity index is 2250. The molecule has 17 heteroatoms. The van der Waals surface area contributed by atoms with E-state index in [-0.39, 0.29) is 53.7 Å². The number of nitrogen functional groups attached to an aromatic ring is 1. The summed E-state index contributed by atoms with van der Waals surface area (Å²) in [7, 11) is -1.22. The van der Waals surface area contributed by atoms with E-state index in [1.54, 1.807) is 18.8 Å². The molecule has 5 aromatic rings. The van der Waals surface area contributed by atoms with Crippen LogP contribution in [0.25, 0.3) is 11.2 Å². The lowest BCUT2D eigenvalue weighted by molar-refractivity contribution is -0.0928. The Morgan fingerprint density at radius 2 is 1.46 bits per heavy atom. The lowest BCUT2D eigenvalue weighted by Crippen LogP contribution is -2.51. The van der Waals surface area contributed by atoms with Gasteiger partial charge < -0.3 is 38.2 Å². The molecular weight excluding hydrogens is 841 g/mol. The first-order chi connectivity index (χ1) is 29.9. The van der Waals surface area contributed by atoms with Gasteiger partial charge in [0.1, 0.15) is 35.4 Å². The standard InChI is InChI=1S/C46H61FN7O7PSi/c1-30(2)54(31(3)4)62(58-27-15-26-48)60-40-39(61-63(10,11)45(5,6)7)37(59-43(40)53-29-50-38-41(49)51-44(47)52-42(38)53)28-57-46(32-16-13-12-14-17-32,33-18-22-35(55-8)23-19-33)34-20-24-36(56-9)25-21-34/h12-14,16-25,29-31,37,39-40,43H,15,27-28H2,1-11H3,(H2,49,51,52)/t37-,39?,40?,43-,62?/m1/s1. The number of imidazole rings is 1.